The normalized spacial score (nSPS) is 13.7. The fraction of sp³-hybridized carbons (Fsp3) is 0.125. The summed E-state index contributed by atoms with van der Waals surface area (Å²) in [7, 11) is 3.14. The summed E-state index contributed by atoms with van der Waals surface area (Å²) in [6, 6.07) is 18.0. The monoisotopic (exact) mass is 422 g/mol. The molecule has 152 valence electrons. The van der Waals surface area contributed by atoms with Gasteiger partial charge in [-0.05, 0) is 48.0 Å². The number of ketones is 1. The number of carbonyl (C=O) groups excluding carboxylic acids is 1. The molecule has 1 heterocycles. The van der Waals surface area contributed by atoms with Crippen molar-refractivity contribution in [2.24, 2.45) is 0 Å². The number of ether oxygens (including phenoxy) is 4. The lowest BCUT2D eigenvalue weighted by Gasteiger charge is -2.08. The van der Waals surface area contributed by atoms with Crippen LogP contribution in [0, 0.1) is 0 Å². The second kappa shape index (κ2) is 8.51. The molecule has 0 N–H and O–H groups in total. The first-order valence-electron chi connectivity index (χ1n) is 9.25. The van der Waals surface area contributed by atoms with E-state index >= 15 is 0 Å². The van der Waals surface area contributed by atoms with Gasteiger partial charge in [0.05, 0.1) is 19.8 Å². The molecule has 6 heteroatoms. The van der Waals surface area contributed by atoms with E-state index in [9.17, 15) is 4.79 Å². The van der Waals surface area contributed by atoms with E-state index < -0.39 is 0 Å². The van der Waals surface area contributed by atoms with Gasteiger partial charge in [0, 0.05) is 22.7 Å². The van der Waals surface area contributed by atoms with Gasteiger partial charge < -0.3 is 18.9 Å². The topological polar surface area (TPSA) is 54.0 Å². The van der Waals surface area contributed by atoms with Gasteiger partial charge in [0.1, 0.15) is 29.6 Å². The summed E-state index contributed by atoms with van der Waals surface area (Å²) in [5.41, 5.74) is 2.16. The summed E-state index contributed by atoms with van der Waals surface area (Å²) in [4.78, 5) is 12.7. The maximum Gasteiger partial charge on any atom is 0.231 e. The van der Waals surface area contributed by atoms with Crippen LogP contribution in [0.2, 0.25) is 5.02 Å². The molecule has 0 fully saturated rings. The van der Waals surface area contributed by atoms with Crippen LogP contribution < -0.4 is 18.9 Å². The fourth-order valence-corrected chi connectivity index (χ4v) is 3.34. The van der Waals surface area contributed by atoms with Crippen LogP contribution in [0.1, 0.15) is 21.5 Å². The summed E-state index contributed by atoms with van der Waals surface area (Å²) in [5, 5.41) is 0.655. The number of benzene rings is 3. The van der Waals surface area contributed by atoms with Gasteiger partial charge in [-0.25, -0.2) is 0 Å². The Bertz CT molecular complexity index is 1140. The lowest BCUT2D eigenvalue weighted by molar-refractivity contribution is 0.101. The van der Waals surface area contributed by atoms with Crippen LogP contribution in [0.3, 0.4) is 0 Å². The molecule has 0 unspecified atom stereocenters. The third kappa shape index (κ3) is 4.11. The Balaban J connectivity index is 1.54. The maximum absolute atomic E-state index is 12.7. The first kappa shape index (κ1) is 19.9. The predicted molar refractivity (Wildman–Crippen MR) is 115 cm³/mol. The average Bonchev–Trinajstić information content (AvgIpc) is 3.07. The first-order valence-corrected chi connectivity index (χ1v) is 9.63. The Morgan fingerprint density at radius 2 is 1.80 bits per heavy atom. The lowest BCUT2D eigenvalue weighted by atomic mass is 10.1. The zero-order valence-corrected chi connectivity index (χ0v) is 17.2. The van der Waals surface area contributed by atoms with Crippen molar-refractivity contribution in [3.63, 3.8) is 0 Å². The van der Waals surface area contributed by atoms with Crippen molar-refractivity contribution in [1.82, 2.24) is 0 Å². The van der Waals surface area contributed by atoms with Gasteiger partial charge in [0.25, 0.3) is 0 Å². The number of hydrogen-bond donors (Lipinski definition) is 0. The SMILES string of the molecule is COc1ccc(/C=C2\Oc3cc(OCc4cccc(Cl)c4)ccc3C2=O)c(OC)c1. The summed E-state index contributed by atoms with van der Waals surface area (Å²) < 4.78 is 22.2. The van der Waals surface area contributed by atoms with Crippen LogP contribution in [0.4, 0.5) is 0 Å². The predicted octanol–water partition coefficient (Wildman–Crippen LogP) is 5.55. The molecule has 0 aliphatic carbocycles. The molecule has 1 aliphatic heterocycles. The van der Waals surface area contributed by atoms with E-state index in [1.807, 2.05) is 30.3 Å². The standard InChI is InChI=1S/C24H19ClO5/c1-27-18-7-6-16(21(12-18)28-2)11-23-24(26)20-9-8-19(13-22(20)30-23)29-14-15-4-3-5-17(25)10-15/h3-13H,14H2,1-2H3/b23-11-. The van der Waals surface area contributed by atoms with Crippen LogP contribution in [-0.4, -0.2) is 20.0 Å². The molecule has 0 radical (unpaired) electrons. The fourth-order valence-electron chi connectivity index (χ4n) is 3.13. The van der Waals surface area contributed by atoms with E-state index in [0.29, 0.717) is 45.8 Å². The van der Waals surface area contributed by atoms with Crippen molar-refractivity contribution >= 4 is 23.5 Å². The smallest absolute Gasteiger partial charge is 0.231 e. The lowest BCUT2D eigenvalue weighted by Crippen LogP contribution is -1.99. The first-order chi connectivity index (χ1) is 14.6. The maximum atomic E-state index is 12.7. The number of rotatable bonds is 6. The summed E-state index contributed by atoms with van der Waals surface area (Å²) >= 11 is 6.01. The molecule has 3 aromatic rings. The van der Waals surface area contributed by atoms with Crippen molar-refractivity contribution in [2.75, 3.05) is 14.2 Å². The van der Waals surface area contributed by atoms with Gasteiger partial charge >= 0.3 is 0 Å². The number of halogens is 1. The molecular weight excluding hydrogens is 404 g/mol. The van der Waals surface area contributed by atoms with Crippen LogP contribution in [0.25, 0.3) is 6.08 Å². The van der Waals surface area contributed by atoms with Crippen LogP contribution >= 0.6 is 11.6 Å². The molecule has 0 aromatic heterocycles. The number of hydrogen-bond acceptors (Lipinski definition) is 5. The molecule has 0 bridgehead atoms. The minimum Gasteiger partial charge on any atom is -0.497 e. The van der Waals surface area contributed by atoms with Gasteiger partial charge in [-0.2, -0.15) is 0 Å². The largest absolute Gasteiger partial charge is 0.497 e. The van der Waals surface area contributed by atoms with Crippen molar-refractivity contribution in [2.45, 2.75) is 6.61 Å². The van der Waals surface area contributed by atoms with Crippen LogP contribution in [0.5, 0.6) is 23.0 Å². The summed E-state index contributed by atoms with van der Waals surface area (Å²) in [5.74, 6) is 2.34. The second-order valence-corrected chi connectivity index (χ2v) is 7.06. The molecular formula is C24H19ClO5. The molecule has 0 amide bonds. The number of Topliss-reactive ketones (excluding diaryl/α,β-unsaturated/α-hetero) is 1. The van der Waals surface area contributed by atoms with Gasteiger partial charge in [-0.3, -0.25) is 4.79 Å². The minimum atomic E-state index is -0.190. The van der Waals surface area contributed by atoms with Crippen molar-refractivity contribution in [3.8, 4) is 23.0 Å². The van der Waals surface area contributed by atoms with Gasteiger partial charge in [-0.15, -0.1) is 0 Å². The molecule has 0 atom stereocenters. The summed E-state index contributed by atoms with van der Waals surface area (Å²) in [6.45, 7) is 0.360. The zero-order chi connectivity index (χ0) is 21.1. The molecule has 1 aliphatic rings. The molecule has 30 heavy (non-hydrogen) atoms. The highest BCUT2D eigenvalue weighted by molar-refractivity contribution is 6.30. The van der Waals surface area contributed by atoms with Crippen molar-refractivity contribution in [3.05, 3.63) is 88.1 Å². The number of carbonyl (C=O) groups is 1. The van der Waals surface area contributed by atoms with Crippen LogP contribution in [-0.2, 0) is 6.61 Å². The van der Waals surface area contributed by atoms with E-state index in [1.54, 1.807) is 50.6 Å². The van der Waals surface area contributed by atoms with Gasteiger partial charge in [0.2, 0.25) is 5.78 Å². The minimum absolute atomic E-state index is 0.190. The number of methoxy groups -OCH3 is 2. The van der Waals surface area contributed by atoms with Crippen LogP contribution in [0.15, 0.2) is 66.4 Å². The summed E-state index contributed by atoms with van der Waals surface area (Å²) in [6.07, 6.45) is 1.66. The van der Waals surface area contributed by atoms with E-state index in [2.05, 4.69) is 0 Å². The molecule has 4 rings (SSSR count). The van der Waals surface area contributed by atoms with Gasteiger partial charge in [-0.1, -0.05) is 23.7 Å². The molecule has 0 saturated heterocycles. The third-order valence-corrected chi connectivity index (χ3v) is 4.90. The van der Waals surface area contributed by atoms with E-state index in [0.717, 1.165) is 5.56 Å². The highest BCUT2D eigenvalue weighted by atomic mass is 35.5. The van der Waals surface area contributed by atoms with E-state index in [4.69, 9.17) is 30.5 Å². The van der Waals surface area contributed by atoms with E-state index in [-0.39, 0.29) is 11.5 Å². The Hall–Kier alpha value is -3.44. The second-order valence-electron chi connectivity index (χ2n) is 6.62. The molecule has 0 saturated carbocycles. The highest BCUT2D eigenvalue weighted by Gasteiger charge is 2.28. The van der Waals surface area contributed by atoms with E-state index in [1.165, 1.54) is 0 Å². The highest BCUT2D eigenvalue weighted by Crippen LogP contribution is 2.36. The Labute approximate surface area is 179 Å². The Morgan fingerprint density at radius 3 is 2.57 bits per heavy atom. The average molecular weight is 423 g/mol. The molecule has 3 aromatic carbocycles. The molecule has 5 nitrogen and oxygen atoms in total. The zero-order valence-electron chi connectivity index (χ0n) is 16.5. The number of fused-ring (bicyclic) bond motifs is 1. The Morgan fingerprint density at radius 1 is 0.967 bits per heavy atom. The third-order valence-electron chi connectivity index (χ3n) is 4.66. The molecule has 0 spiro atoms. The Kier molecular flexibility index (Phi) is 5.63. The number of allylic oxidation sites excluding steroid dienone is 1. The van der Waals surface area contributed by atoms with Gasteiger partial charge in [0.15, 0.2) is 5.76 Å². The van der Waals surface area contributed by atoms with Crippen molar-refractivity contribution < 1.29 is 23.7 Å². The van der Waals surface area contributed by atoms with Crippen molar-refractivity contribution in [1.29, 1.82) is 0 Å². The quantitative estimate of drug-likeness (QED) is 0.487.